The molecule has 0 aromatic heterocycles. The number of amides is 2. The molecule has 2 aromatic carbocycles. The van der Waals surface area contributed by atoms with Crippen LogP contribution in [-0.2, 0) is 16.1 Å². The van der Waals surface area contributed by atoms with Gasteiger partial charge in [0.15, 0.2) is 18.1 Å². The Morgan fingerprint density at radius 2 is 1.70 bits per heavy atom. The highest BCUT2D eigenvalue weighted by atomic mass is 35.5. The number of ether oxygens (including phenoxy) is 2. The summed E-state index contributed by atoms with van der Waals surface area (Å²) in [5.74, 6) is 0.447. The molecule has 162 valence electrons. The van der Waals surface area contributed by atoms with Gasteiger partial charge in [-0.15, -0.1) is 0 Å². The first kappa shape index (κ1) is 23.5. The van der Waals surface area contributed by atoms with Crippen LogP contribution in [0, 0.1) is 0 Å². The van der Waals surface area contributed by atoms with Crippen molar-refractivity contribution in [2.75, 3.05) is 13.7 Å². The summed E-state index contributed by atoms with van der Waals surface area (Å²) in [6, 6.07) is 13.7. The van der Waals surface area contributed by atoms with Gasteiger partial charge >= 0.3 is 0 Å². The first-order valence-electron chi connectivity index (χ1n) is 9.96. The zero-order chi connectivity index (χ0) is 22.1. The summed E-state index contributed by atoms with van der Waals surface area (Å²) in [4.78, 5) is 27.3. The van der Waals surface area contributed by atoms with Crippen LogP contribution in [0.3, 0.4) is 0 Å². The van der Waals surface area contributed by atoms with Gasteiger partial charge in [0, 0.05) is 17.6 Å². The maximum absolute atomic E-state index is 13.1. The van der Waals surface area contributed by atoms with E-state index < -0.39 is 6.04 Å². The summed E-state index contributed by atoms with van der Waals surface area (Å²) in [6.07, 6.45) is 0.799. The molecule has 0 radical (unpaired) electrons. The zero-order valence-electron chi connectivity index (χ0n) is 17.9. The van der Waals surface area contributed by atoms with Crippen molar-refractivity contribution >= 4 is 23.4 Å². The van der Waals surface area contributed by atoms with Crippen LogP contribution in [0.4, 0.5) is 0 Å². The lowest BCUT2D eigenvalue weighted by atomic mass is 10.1. The molecule has 0 fully saturated rings. The fourth-order valence-electron chi connectivity index (χ4n) is 2.82. The zero-order valence-corrected chi connectivity index (χ0v) is 18.6. The Kier molecular flexibility index (Phi) is 8.99. The molecule has 7 heteroatoms. The molecule has 0 saturated heterocycles. The normalized spacial score (nSPS) is 12.6. The molecular formula is C23H29ClN2O4. The smallest absolute Gasteiger partial charge is 0.261 e. The van der Waals surface area contributed by atoms with Crippen molar-refractivity contribution < 1.29 is 19.1 Å². The minimum Gasteiger partial charge on any atom is -0.493 e. The van der Waals surface area contributed by atoms with Crippen molar-refractivity contribution in [3.05, 3.63) is 59.1 Å². The Bertz CT molecular complexity index is 859. The molecule has 0 spiro atoms. The number of methoxy groups -OCH3 is 1. The fraction of sp³-hybridized carbons (Fsp3) is 0.391. The summed E-state index contributed by atoms with van der Waals surface area (Å²) in [5.41, 5.74) is 0.757. The fourth-order valence-corrected chi connectivity index (χ4v) is 3.01. The van der Waals surface area contributed by atoms with E-state index >= 15 is 0 Å². The van der Waals surface area contributed by atoms with Crippen LogP contribution in [0.25, 0.3) is 0 Å². The van der Waals surface area contributed by atoms with Crippen LogP contribution in [-0.4, -0.2) is 42.5 Å². The van der Waals surface area contributed by atoms with Crippen LogP contribution >= 0.6 is 11.6 Å². The number of hydrogen-bond acceptors (Lipinski definition) is 4. The maximum Gasteiger partial charge on any atom is 0.261 e. The van der Waals surface area contributed by atoms with E-state index in [2.05, 4.69) is 5.32 Å². The van der Waals surface area contributed by atoms with Gasteiger partial charge in [-0.25, -0.2) is 0 Å². The average Bonchev–Trinajstić information content (AvgIpc) is 2.76. The number of halogens is 1. The number of rotatable bonds is 10. The highest BCUT2D eigenvalue weighted by Gasteiger charge is 2.27. The van der Waals surface area contributed by atoms with E-state index in [1.165, 1.54) is 12.0 Å². The monoisotopic (exact) mass is 432 g/mol. The van der Waals surface area contributed by atoms with Gasteiger partial charge in [-0.3, -0.25) is 9.59 Å². The summed E-state index contributed by atoms with van der Waals surface area (Å²) >= 11 is 6.29. The summed E-state index contributed by atoms with van der Waals surface area (Å²) in [6.45, 7) is 5.59. The Balaban J connectivity index is 2.19. The van der Waals surface area contributed by atoms with Crippen molar-refractivity contribution in [1.82, 2.24) is 10.2 Å². The predicted molar refractivity (Wildman–Crippen MR) is 118 cm³/mol. The first-order chi connectivity index (χ1) is 14.4. The Labute approximate surface area is 183 Å². The van der Waals surface area contributed by atoms with Crippen molar-refractivity contribution in [1.29, 1.82) is 0 Å². The number of benzene rings is 2. The van der Waals surface area contributed by atoms with Crippen LogP contribution in [0.2, 0.25) is 5.02 Å². The molecule has 2 atom stereocenters. The summed E-state index contributed by atoms with van der Waals surface area (Å²) < 4.78 is 10.9. The van der Waals surface area contributed by atoms with Crippen LogP contribution in [0.1, 0.15) is 32.8 Å². The van der Waals surface area contributed by atoms with E-state index in [1.54, 1.807) is 31.2 Å². The molecule has 2 aromatic rings. The second-order valence-corrected chi connectivity index (χ2v) is 7.45. The number of nitrogens with zero attached hydrogens (tertiary/aromatic N) is 1. The van der Waals surface area contributed by atoms with E-state index in [4.69, 9.17) is 21.1 Å². The van der Waals surface area contributed by atoms with E-state index in [1.807, 2.05) is 38.1 Å². The molecule has 2 rings (SSSR count). The van der Waals surface area contributed by atoms with E-state index in [0.29, 0.717) is 16.5 Å². The minimum atomic E-state index is -0.691. The second kappa shape index (κ2) is 11.5. The Morgan fingerprint density at radius 1 is 1.07 bits per heavy atom. The van der Waals surface area contributed by atoms with Gasteiger partial charge in [-0.2, -0.15) is 0 Å². The Morgan fingerprint density at radius 3 is 2.33 bits per heavy atom. The average molecular weight is 433 g/mol. The van der Waals surface area contributed by atoms with Crippen molar-refractivity contribution in [3.8, 4) is 11.5 Å². The SMILES string of the molecule is CCC(C)NC(=O)C(C)N(Cc1ccccc1Cl)C(=O)COc1ccccc1OC. The van der Waals surface area contributed by atoms with E-state index in [0.717, 1.165) is 12.0 Å². The van der Waals surface area contributed by atoms with Gasteiger partial charge in [-0.05, 0) is 44.0 Å². The molecule has 0 aliphatic carbocycles. The lowest BCUT2D eigenvalue weighted by Crippen LogP contribution is -2.50. The Hall–Kier alpha value is -2.73. The highest BCUT2D eigenvalue weighted by Crippen LogP contribution is 2.26. The van der Waals surface area contributed by atoms with Gasteiger partial charge in [0.1, 0.15) is 6.04 Å². The van der Waals surface area contributed by atoms with Gasteiger partial charge < -0.3 is 19.7 Å². The number of hydrogen-bond donors (Lipinski definition) is 1. The standard InChI is InChI=1S/C23H29ClN2O4/c1-5-16(2)25-23(28)17(3)26(14-18-10-6-7-11-19(18)24)22(27)15-30-21-13-9-8-12-20(21)29-4/h6-13,16-17H,5,14-15H2,1-4H3,(H,25,28). The van der Waals surface area contributed by atoms with Crippen molar-refractivity contribution in [3.63, 3.8) is 0 Å². The summed E-state index contributed by atoms with van der Waals surface area (Å²) in [7, 11) is 1.54. The van der Waals surface area contributed by atoms with Crippen molar-refractivity contribution in [2.24, 2.45) is 0 Å². The number of carbonyl (C=O) groups is 2. The first-order valence-corrected chi connectivity index (χ1v) is 10.3. The van der Waals surface area contributed by atoms with Crippen LogP contribution in [0.15, 0.2) is 48.5 Å². The lowest BCUT2D eigenvalue weighted by molar-refractivity contribution is -0.142. The van der Waals surface area contributed by atoms with Crippen LogP contribution in [0.5, 0.6) is 11.5 Å². The second-order valence-electron chi connectivity index (χ2n) is 7.05. The molecule has 0 saturated carbocycles. The molecule has 1 N–H and O–H groups in total. The molecule has 0 bridgehead atoms. The molecular weight excluding hydrogens is 404 g/mol. The van der Waals surface area contributed by atoms with Crippen molar-refractivity contribution in [2.45, 2.75) is 45.8 Å². The highest BCUT2D eigenvalue weighted by molar-refractivity contribution is 6.31. The maximum atomic E-state index is 13.1. The van der Waals surface area contributed by atoms with Gasteiger partial charge in [0.25, 0.3) is 5.91 Å². The largest absolute Gasteiger partial charge is 0.493 e. The third kappa shape index (κ3) is 6.39. The quantitative estimate of drug-likeness (QED) is 0.614. The minimum absolute atomic E-state index is 0.0158. The van der Waals surface area contributed by atoms with E-state index in [9.17, 15) is 9.59 Å². The lowest BCUT2D eigenvalue weighted by Gasteiger charge is -2.30. The molecule has 2 amide bonds. The summed E-state index contributed by atoms with van der Waals surface area (Å²) in [5, 5.41) is 3.47. The molecule has 0 heterocycles. The number of para-hydroxylation sites is 2. The van der Waals surface area contributed by atoms with Gasteiger partial charge in [0.05, 0.1) is 7.11 Å². The third-order valence-corrected chi connectivity index (χ3v) is 5.26. The van der Waals surface area contributed by atoms with E-state index in [-0.39, 0.29) is 31.0 Å². The molecule has 2 unspecified atom stereocenters. The number of nitrogens with one attached hydrogen (secondary N) is 1. The molecule has 0 aliphatic rings. The molecule has 0 aliphatic heterocycles. The van der Waals surface area contributed by atoms with Crippen LogP contribution < -0.4 is 14.8 Å². The van der Waals surface area contributed by atoms with Gasteiger partial charge in [-0.1, -0.05) is 48.9 Å². The van der Waals surface area contributed by atoms with Gasteiger partial charge in [0.2, 0.25) is 5.91 Å². The third-order valence-electron chi connectivity index (χ3n) is 4.89. The molecule has 30 heavy (non-hydrogen) atoms. The molecule has 6 nitrogen and oxygen atoms in total. The number of carbonyl (C=O) groups excluding carboxylic acids is 2. The topological polar surface area (TPSA) is 67.9 Å². The predicted octanol–water partition coefficient (Wildman–Crippen LogP) is 4.06.